The van der Waals surface area contributed by atoms with Crippen molar-refractivity contribution in [2.45, 2.75) is 50.7 Å². The van der Waals surface area contributed by atoms with E-state index in [4.69, 9.17) is 9.47 Å². The van der Waals surface area contributed by atoms with Gasteiger partial charge in [0.1, 0.15) is 0 Å². The van der Waals surface area contributed by atoms with Crippen molar-refractivity contribution in [3.05, 3.63) is 6.92 Å². The van der Waals surface area contributed by atoms with Gasteiger partial charge in [-0.15, -0.1) is 0 Å². The van der Waals surface area contributed by atoms with Crippen LogP contribution in [-0.4, -0.2) is 19.0 Å². The van der Waals surface area contributed by atoms with Gasteiger partial charge in [0.25, 0.3) is 0 Å². The first-order valence-corrected chi connectivity index (χ1v) is 6.33. The fourth-order valence-electron chi connectivity index (χ4n) is 3.09. The molecule has 2 nitrogen and oxygen atoms in total. The SMILES string of the molecule is [CH2]C1(CC2CC2)CCC2(CC1)OCCO2. The van der Waals surface area contributed by atoms with E-state index in [-0.39, 0.29) is 5.79 Å². The predicted octanol–water partition coefficient (Wildman–Crippen LogP) is 2.92. The molecule has 0 aromatic heterocycles. The molecule has 1 aliphatic heterocycles. The zero-order valence-electron chi connectivity index (χ0n) is 9.46. The molecule has 15 heavy (non-hydrogen) atoms. The Hall–Kier alpha value is -0.0800. The van der Waals surface area contributed by atoms with E-state index in [2.05, 4.69) is 6.92 Å². The summed E-state index contributed by atoms with van der Waals surface area (Å²) in [5.41, 5.74) is 0.335. The van der Waals surface area contributed by atoms with Crippen LogP contribution in [0.25, 0.3) is 0 Å². The second-order valence-electron chi connectivity index (χ2n) is 5.76. The Balaban J connectivity index is 1.58. The highest BCUT2D eigenvalue weighted by atomic mass is 16.7. The average molecular weight is 209 g/mol. The molecular formula is C13H21O2. The van der Waals surface area contributed by atoms with Crippen LogP contribution in [0.2, 0.25) is 0 Å². The van der Waals surface area contributed by atoms with Gasteiger partial charge in [-0.25, -0.2) is 0 Å². The molecule has 2 saturated carbocycles. The van der Waals surface area contributed by atoms with Crippen molar-refractivity contribution in [1.29, 1.82) is 0 Å². The van der Waals surface area contributed by atoms with Gasteiger partial charge < -0.3 is 9.47 Å². The highest BCUT2D eigenvalue weighted by Crippen LogP contribution is 2.50. The number of ether oxygens (including phenoxy) is 2. The Morgan fingerprint density at radius 3 is 2.13 bits per heavy atom. The van der Waals surface area contributed by atoms with E-state index in [1.165, 1.54) is 32.1 Å². The molecule has 3 rings (SSSR count). The van der Waals surface area contributed by atoms with E-state index in [1.807, 2.05) is 0 Å². The summed E-state index contributed by atoms with van der Waals surface area (Å²) < 4.78 is 11.5. The smallest absolute Gasteiger partial charge is 0.168 e. The van der Waals surface area contributed by atoms with Crippen molar-refractivity contribution in [2.75, 3.05) is 13.2 Å². The van der Waals surface area contributed by atoms with E-state index < -0.39 is 0 Å². The van der Waals surface area contributed by atoms with Crippen LogP contribution in [0.3, 0.4) is 0 Å². The summed E-state index contributed by atoms with van der Waals surface area (Å²) in [5.74, 6) is 0.784. The third-order valence-corrected chi connectivity index (χ3v) is 4.30. The normalized spacial score (nSPS) is 33.4. The van der Waals surface area contributed by atoms with Crippen LogP contribution >= 0.6 is 0 Å². The van der Waals surface area contributed by atoms with Crippen molar-refractivity contribution >= 4 is 0 Å². The second kappa shape index (κ2) is 3.46. The number of hydrogen-bond acceptors (Lipinski definition) is 2. The lowest BCUT2D eigenvalue weighted by Crippen LogP contribution is -2.39. The number of rotatable bonds is 2. The molecule has 3 aliphatic rings. The van der Waals surface area contributed by atoms with Gasteiger partial charge in [-0.3, -0.25) is 0 Å². The van der Waals surface area contributed by atoms with Gasteiger partial charge in [-0.1, -0.05) is 12.8 Å². The lowest BCUT2D eigenvalue weighted by molar-refractivity contribution is -0.188. The summed E-state index contributed by atoms with van der Waals surface area (Å²) in [6, 6.07) is 0. The van der Waals surface area contributed by atoms with E-state index in [0.29, 0.717) is 5.41 Å². The van der Waals surface area contributed by atoms with Crippen LogP contribution in [0, 0.1) is 18.3 Å². The molecule has 0 aromatic rings. The van der Waals surface area contributed by atoms with Crippen LogP contribution in [0.5, 0.6) is 0 Å². The molecule has 85 valence electrons. The first-order valence-electron chi connectivity index (χ1n) is 6.33. The largest absolute Gasteiger partial charge is 0.348 e. The summed E-state index contributed by atoms with van der Waals surface area (Å²) in [6.45, 7) is 6.02. The molecule has 1 radical (unpaired) electrons. The molecule has 0 aromatic carbocycles. The van der Waals surface area contributed by atoms with Crippen molar-refractivity contribution in [3.8, 4) is 0 Å². The van der Waals surface area contributed by atoms with E-state index in [1.54, 1.807) is 0 Å². The van der Waals surface area contributed by atoms with Crippen LogP contribution < -0.4 is 0 Å². The molecule has 0 atom stereocenters. The molecule has 2 aliphatic carbocycles. The van der Waals surface area contributed by atoms with E-state index in [9.17, 15) is 0 Å². The highest BCUT2D eigenvalue weighted by molar-refractivity contribution is 4.95. The highest BCUT2D eigenvalue weighted by Gasteiger charge is 2.45. The molecule has 1 spiro atoms. The first-order chi connectivity index (χ1) is 7.20. The van der Waals surface area contributed by atoms with Gasteiger partial charge in [0.2, 0.25) is 0 Å². The lowest BCUT2D eigenvalue weighted by atomic mass is 9.70. The average Bonchev–Trinajstić information content (AvgIpc) is 2.91. The van der Waals surface area contributed by atoms with Crippen LogP contribution in [0.1, 0.15) is 44.9 Å². The maximum absolute atomic E-state index is 5.75. The molecule has 0 N–H and O–H groups in total. The summed E-state index contributed by atoms with van der Waals surface area (Å²) in [7, 11) is 0. The molecule has 1 saturated heterocycles. The Kier molecular flexibility index (Phi) is 2.33. The summed E-state index contributed by atoms with van der Waals surface area (Å²) in [6.07, 6.45) is 8.70. The monoisotopic (exact) mass is 209 g/mol. The minimum Gasteiger partial charge on any atom is -0.348 e. The van der Waals surface area contributed by atoms with E-state index >= 15 is 0 Å². The Labute approximate surface area is 92.3 Å². The van der Waals surface area contributed by atoms with Gasteiger partial charge >= 0.3 is 0 Å². The van der Waals surface area contributed by atoms with Crippen LogP contribution in [0.4, 0.5) is 0 Å². The minimum absolute atomic E-state index is 0.204. The maximum Gasteiger partial charge on any atom is 0.168 e. The molecule has 1 heterocycles. The number of hydrogen-bond donors (Lipinski definition) is 0. The van der Waals surface area contributed by atoms with Crippen LogP contribution in [0.15, 0.2) is 0 Å². The molecule has 3 fully saturated rings. The minimum atomic E-state index is -0.204. The standard InChI is InChI=1S/C13H21O2/c1-12(10-11-2-3-11)4-6-13(7-5-12)14-8-9-15-13/h11H,1-10H2. The van der Waals surface area contributed by atoms with Crippen molar-refractivity contribution in [1.82, 2.24) is 0 Å². The molecule has 0 unspecified atom stereocenters. The zero-order chi connectivity index (χ0) is 10.4. The van der Waals surface area contributed by atoms with Crippen molar-refractivity contribution < 1.29 is 9.47 Å². The van der Waals surface area contributed by atoms with Gasteiger partial charge in [0.05, 0.1) is 13.2 Å². The predicted molar refractivity (Wildman–Crippen MR) is 58.2 cm³/mol. The lowest BCUT2D eigenvalue weighted by Gasteiger charge is -2.41. The van der Waals surface area contributed by atoms with Gasteiger partial charge in [0.15, 0.2) is 5.79 Å². The fraction of sp³-hybridized carbons (Fsp3) is 0.923. The molecular weight excluding hydrogens is 188 g/mol. The Morgan fingerprint density at radius 1 is 1.00 bits per heavy atom. The quantitative estimate of drug-likeness (QED) is 0.696. The summed E-state index contributed by atoms with van der Waals surface area (Å²) >= 11 is 0. The maximum atomic E-state index is 5.75. The van der Waals surface area contributed by atoms with Crippen LogP contribution in [-0.2, 0) is 9.47 Å². The van der Waals surface area contributed by atoms with Crippen molar-refractivity contribution in [3.63, 3.8) is 0 Å². The Bertz CT molecular complexity index is 229. The van der Waals surface area contributed by atoms with Gasteiger partial charge in [0, 0.05) is 12.8 Å². The second-order valence-corrected chi connectivity index (χ2v) is 5.76. The van der Waals surface area contributed by atoms with Gasteiger partial charge in [-0.05, 0) is 37.5 Å². The first kappa shape index (κ1) is 10.1. The zero-order valence-corrected chi connectivity index (χ0v) is 9.46. The summed E-state index contributed by atoms with van der Waals surface area (Å²) in [4.78, 5) is 0. The molecule has 0 amide bonds. The third-order valence-electron chi connectivity index (χ3n) is 4.30. The molecule has 0 bridgehead atoms. The van der Waals surface area contributed by atoms with Crippen molar-refractivity contribution in [2.24, 2.45) is 11.3 Å². The Morgan fingerprint density at radius 2 is 1.60 bits per heavy atom. The fourth-order valence-corrected chi connectivity index (χ4v) is 3.09. The topological polar surface area (TPSA) is 18.5 Å². The van der Waals surface area contributed by atoms with E-state index in [0.717, 1.165) is 32.0 Å². The summed E-state index contributed by atoms with van der Waals surface area (Å²) in [5, 5.41) is 0. The van der Waals surface area contributed by atoms with Gasteiger partial charge in [-0.2, -0.15) is 0 Å². The third kappa shape index (κ3) is 2.07. The molecule has 2 heteroatoms.